The predicted octanol–water partition coefficient (Wildman–Crippen LogP) is 1.98. The zero-order valence-electron chi connectivity index (χ0n) is 11.3. The Kier molecular flexibility index (Phi) is 3.09. The molecule has 19 heavy (non-hydrogen) atoms. The molecule has 0 saturated carbocycles. The van der Waals surface area contributed by atoms with Crippen LogP contribution in [0.4, 0.5) is 11.4 Å². The van der Waals surface area contributed by atoms with Gasteiger partial charge in [-0.2, -0.15) is 0 Å². The average Bonchev–Trinajstić information content (AvgIpc) is 2.80. The number of aliphatic carboxylic acids is 1. The van der Waals surface area contributed by atoms with E-state index in [-0.39, 0.29) is 5.92 Å². The first-order chi connectivity index (χ1) is 9.15. The van der Waals surface area contributed by atoms with Crippen LogP contribution in [0, 0.1) is 5.92 Å². The van der Waals surface area contributed by atoms with Gasteiger partial charge in [-0.1, -0.05) is 0 Å². The van der Waals surface area contributed by atoms with Gasteiger partial charge in [0.05, 0.1) is 5.92 Å². The van der Waals surface area contributed by atoms with E-state index in [1.54, 1.807) is 0 Å². The molecule has 0 aromatic heterocycles. The van der Waals surface area contributed by atoms with Gasteiger partial charge in [-0.3, -0.25) is 4.79 Å². The number of hydrogen-bond acceptors (Lipinski definition) is 3. The summed E-state index contributed by atoms with van der Waals surface area (Å²) < 4.78 is 0. The first-order valence-electron chi connectivity index (χ1n) is 6.97. The number of piperidine rings is 1. The number of benzene rings is 1. The number of carboxylic acid groups (broad SMARTS) is 1. The Hall–Kier alpha value is -1.71. The van der Waals surface area contributed by atoms with Crippen molar-refractivity contribution in [3.63, 3.8) is 0 Å². The second-order valence-corrected chi connectivity index (χ2v) is 5.61. The Balaban J connectivity index is 1.81. The van der Waals surface area contributed by atoms with Crippen molar-refractivity contribution in [2.45, 2.75) is 19.3 Å². The van der Waals surface area contributed by atoms with Crippen LogP contribution < -0.4 is 9.80 Å². The molecular formula is C15H20N2O2. The molecule has 1 atom stereocenters. The summed E-state index contributed by atoms with van der Waals surface area (Å²) in [5, 5.41) is 9.16. The molecule has 2 aliphatic rings. The first-order valence-corrected chi connectivity index (χ1v) is 6.97. The lowest BCUT2D eigenvalue weighted by Crippen LogP contribution is -2.38. The van der Waals surface area contributed by atoms with Crippen molar-refractivity contribution in [2.24, 2.45) is 5.92 Å². The van der Waals surface area contributed by atoms with E-state index in [0.29, 0.717) is 6.54 Å². The van der Waals surface area contributed by atoms with Crippen molar-refractivity contribution in [3.05, 3.63) is 23.8 Å². The molecule has 2 aliphatic heterocycles. The van der Waals surface area contributed by atoms with Crippen molar-refractivity contribution in [2.75, 3.05) is 36.5 Å². The molecular weight excluding hydrogens is 240 g/mol. The van der Waals surface area contributed by atoms with Gasteiger partial charge in [0.2, 0.25) is 0 Å². The van der Waals surface area contributed by atoms with E-state index in [0.717, 1.165) is 32.4 Å². The zero-order chi connectivity index (χ0) is 13.4. The van der Waals surface area contributed by atoms with Crippen LogP contribution in [0.2, 0.25) is 0 Å². The summed E-state index contributed by atoms with van der Waals surface area (Å²) >= 11 is 0. The summed E-state index contributed by atoms with van der Waals surface area (Å²) in [7, 11) is 2.12. The third-order valence-corrected chi connectivity index (χ3v) is 4.33. The molecule has 4 heteroatoms. The summed E-state index contributed by atoms with van der Waals surface area (Å²) in [6.07, 6.45) is 2.86. The van der Waals surface area contributed by atoms with E-state index in [1.165, 1.54) is 16.9 Å². The molecule has 1 unspecified atom stereocenters. The molecule has 0 spiro atoms. The minimum absolute atomic E-state index is 0.218. The standard InChI is InChI=1S/C15H20N2O2/c1-16-8-6-11-9-13(4-5-14(11)16)17-7-2-3-12(10-17)15(18)19/h4-5,9,12H,2-3,6-8,10H2,1H3,(H,18,19). The van der Waals surface area contributed by atoms with Crippen molar-refractivity contribution in [1.29, 1.82) is 0 Å². The van der Waals surface area contributed by atoms with Crippen LogP contribution in [-0.4, -0.2) is 37.8 Å². The fourth-order valence-corrected chi connectivity index (χ4v) is 3.16. The fourth-order valence-electron chi connectivity index (χ4n) is 3.16. The maximum Gasteiger partial charge on any atom is 0.308 e. The molecule has 0 aliphatic carbocycles. The van der Waals surface area contributed by atoms with Gasteiger partial charge < -0.3 is 14.9 Å². The van der Waals surface area contributed by atoms with Gasteiger partial charge in [0.15, 0.2) is 0 Å². The largest absolute Gasteiger partial charge is 0.481 e. The van der Waals surface area contributed by atoms with Gasteiger partial charge in [-0.25, -0.2) is 0 Å². The zero-order valence-corrected chi connectivity index (χ0v) is 11.3. The highest BCUT2D eigenvalue weighted by molar-refractivity contribution is 5.72. The van der Waals surface area contributed by atoms with Crippen molar-refractivity contribution in [3.8, 4) is 0 Å². The number of fused-ring (bicyclic) bond motifs is 1. The second-order valence-electron chi connectivity index (χ2n) is 5.61. The van der Waals surface area contributed by atoms with Gasteiger partial charge in [0, 0.05) is 38.1 Å². The van der Waals surface area contributed by atoms with Gasteiger partial charge in [-0.15, -0.1) is 0 Å². The number of hydrogen-bond donors (Lipinski definition) is 1. The quantitative estimate of drug-likeness (QED) is 0.883. The summed E-state index contributed by atoms with van der Waals surface area (Å²) in [6, 6.07) is 6.54. The molecule has 4 nitrogen and oxygen atoms in total. The van der Waals surface area contributed by atoms with Gasteiger partial charge in [0.1, 0.15) is 0 Å². The van der Waals surface area contributed by atoms with Crippen molar-refractivity contribution >= 4 is 17.3 Å². The predicted molar refractivity (Wildman–Crippen MR) is 76.0 cm³/mol. The number of nitrogens with zero attached hydrogens (tertiary/aromatic N) is 2. The maximum absolute atomic E-state index is 11.1. The second kappa shape index (κ2) is 4.76. The van der Waals surface area contributed by atoms with E-state index >= 15 is 0 Å². The molecule has 0 amide bonds. The molecule has 102 valence electrons. The Morgan fingerprint density at radius 1 is 1.37 bits per heavy atom. The monoisotopic (exact) mass is 260 g/mol. The molecule has 1 N–H and O–H groups in total. The first kappa shape index (κ1) is 12.3. The van der Waals surface area contributed by atoms with Crippen LogP contribution in [-0.2, 0) is 11.2 Å². The number of carboxylic acids is 1. The van der Waals surface area contributed by atoms with E-state index in [2.05, 4.69) is 35.0 Å². The Labute approximate surface area is 113 Å². The fraction of sp³-hybridized carbons (Fsp3) is 0.533. The average molecular weight is 260 g/mol. The molecule has 1 aromatic rings. The minimum atomic E-state index is -0.661. The lowest BCUT2D eigenvalue weighted by atomic mass is 9.97. The van der Waals surface area contributed by atoms with Gasteiger partial charge >= 0.3 is 5.97 Å². The van der Waals surface area contributed by atoms with E-state index in [4.69, 9.17) is 5.11 Å². The molecule has 1 saturated heterocycles. The number of likely N-dealkylation sites (N-methyl/N-ethyl adjacent to an activating group) is 1. The van der Waals surface area contributed by atoms with Gasteiger partial charge in [-0.05, 0) is 43.0 Å². The topological polar surface area (TPSA) is 43.8 Å². The molecule has 3 rings (SSSR count). The smallest absolute Gasteiger partial charge is 0.308 e. The lowest BCUT2D eigenvalue weighted by molar-refractivity contribution is -0.141. The van der Waals surface area contributed by atoms with Crippen molar-refractivity contribution in [1.82, 2.24) is 0 Å². The lowest BCUT2D eigenvalue weighted by Gasteiger charge is -2.32. The van der Waals surface area contributed by atoms with Gasteiger partial charge in [0.25, 0.3) is 0 Å². The Bertz CT molecular complexity index is 501. The normalized spacial score (nSPS) is 22.5. The van der Waals surface area contributed by atoms with E-state index in [1.807, 2.05) is 0 Å². The van der Waals surface area contributed by atoms with E-state index < -0.39 is 5.97 Å². The third kappa shape index (κ3) is 2.27. The molecule has 2 heterocycles. The molecule has 1 aromatic carbocycles. The highest BCUT2D eigenvalue weighted by atomic mass is 16.4. The summed E-state index contributed by atoms with van der Waals surface area (Å²) in [4.78, 5) is 15.6. The Morgan fingerprint density at radius 2 is 2.21 bits per heavy atom. The highest BCUT2D eigenvalue weighted by Gasteiger charge is 2.26. The van der Waals surface area contributed by atoms with E-state index in [9.17, 15) is 4.79 Å². The van der Waals surface area contributed by atoms with Crippen LogP contribution in [0.1, 0.15) is 18.4 Å². The minimum Gasteiger partial charge on any atom is -0.481 e. The van der Waals surface area contributed by atoms with Crippen molar-refractivity contribution < 1.29 is 9.90 Å². The third-order valence-electron chi connectivity index (χ3n) is 4.33. The molecule has 0 bridgehead atoms. The van der Waals surface area contributed by atoms with Crippen LogP contribution >= 0.6 is 0 Å². The number of anilines is 2. The van der Waals surface area contributed by atoms with Crippen LogP contribution in [0.5, 0.6) is 0 Å². The SMILES string of the molecule is CN1CCc2cc(N3CCCC(C(=O)O)C3)ccc21. The maximum atomic E-state index is 11.1. The summed E-state index contributed by atoms with van der Waals surface area (Å²) in [6.45, 7) is 2.69. The van der Waals surface area contributed by atoms with Crippen LogP contribution in [0.15, 0.2) is 18.2 Å². The molecule has 1 fully saturated rings. The number of carbonyl (C=O) groups is 1. The summed E-state index contributed by atoms with van der Waals surface area (Å²) in [5.41, 5.74) is 3.88. The van der Waals surface area contributed by atoms with Crippen LogP contribution in [0.3, 0.4) is 0 Å². The highest BCUT2D eigenvalue weighted by Crippen LogP contribution is 2.32. The molecule has 0 radical (unpaired) electrons. The Morgan fingerprint density at radius 3 is 3.00 bits per heavy atom. The number of rotatable bonds is 2. The van der Waals surface area contributed by atoms with Crippen LogP contribution in [0.25, 0.3) is 0 Å². The summed E-state index contributed by atoms with van der Waals surface area (Å²) in [5.74, 6) is -0.879.